The van der Waals surface area contributed by atoms with E-state index in [0.29, 0.717) is 42.1 Å². The number of rotatable bonds is 7. The van der Waals surface area contributed by atoms with Crippen LogP contribution in [0.15, 0.2) is 48.8 Å². The first-order valence-electron chi connectivity index (χ1n) is 11.0. The number of carbonyl (C=O) groups excluding carboxylic acids is 2. The van der Waals surface area contributed by atoms with Crippen LogP contribution in [-0.4, -0.2) is 54.3 Å². The Morgan fingerprint density at radius 2 is 1.97 bits per heavy atom. The van der Waals surface area contributed by atoms with Crippen LogP contribution in [-0.2, 0) is 21.2 Å². The van der Waals surface area contributed by atoms with Gasteiger partial charge in [-0.1, -0.05) is 19.9 Å². The molecule has 9 nitrogen and oxygen atoms in total. The molecule has 0 N–H and O–H groups in total. The van der Waals surface area contributed by atoms with Crippen LogP contribution in [0.5, 0.6) is 0 Å². The number of ether oxygens (including phenoxy) is 1. The van der Waals surface area contributed by atoms with Crippen LogP contribution >= 0.6 is 0 Å². The number of Topliss-reactive ketones (excluding diaryl/α,β-unsaturated/α-hetero) is 1. The van der Waals surface area contributed by atoms with Crippen LogP contribution in [0.2, 0.25) is 0 Å². The van der Waals surface area contributed by atoms with Crippen LogP contribution in [0.25, 0.3) is 5.82 Å². The van der Waals surface area contributed by atoms with Gasteiger partial charge in [0.15, 0.2) is 18.2 Å². The second-order valence-electron chi connectivity index (χ2n) is 8.48. The van der Waals surface area contributed by atoms with E-state index < -0.39 is 22.6 Å². The van der Waals surface area contributed by atoms with E-state index in [4.69, 9.17) is 4.74 Å². The number of sulfonamides is 1. The topological polar surface area (TPSA) is 111 Å². The highest BCUT2D eigenvalue weighted by molar-refractivity contribution is 7.92. The molecule has 1 aromatic carbocycles. The highest BCUT2D eigenvalue weighted by Crippen LogP contribution is 2.30. The summed E-state index contributed by atoms with van der Waals surface area (Å²) in [6.45, 7) is 3.86. The number of nitrogens with zero attached hydrogens (tertiary/aromatic N) is 4. The number of benzene rings is 1. The summed E-state index contributed by atoms with van der Waals surface area (Å²) < 4.78 is 32.4. The van der Waals surface area contributed by atoms with Gasteiger partial charge in [-0.25, -0.2) is 22.9 Å². The molecule has 0 spiro atoms. The minimum Gasteiger partial charge on any atom is -0.454 e. The molecular weight excluding hydrogens is 456 g/mol. The molecule has 1 aliphatic heterocycles. The molecule has 0 saturated carbocycles. The monoisotopic (exact) mass is 482 g/mol. The van der Waals surface area contributed by atoms with Crippen molar-refractivity contribution in [2.75, 3.05) is 23.7 Å². The minimum absolute atomic E-state index is 0.0406. The first-order chi connectivity index (χ1) is 16.2. The van der Waals surface area contributed by atoms with Gasteiger partial charge >= 0.3 is 5.97 Å². The summed E-state index contributed by atoms with van der Waals surface area (Å²) in [5.74, 6) is -0.462. The number of aromatic nitrogens is 3. The SMILES string of the molecule is CC(C)c1c(C(=O)OCC(=O)c2ccc3c(c2)CCCN3S(C)(=O)=O)cnn1-c1ccccn1. The van der Waals surface area contributed by atoms with Gasteiger partial charge < -0.3 is 4.74 Å². The maximum absolute atomic E-state index is 12.8. The summed E-state index contributed by atoms with van der Waals surface area (Å²) in [7, 11) is -3.39. The summed E-state index contributed by atoms with van der Waals surface area (Å²) in [5, 5.41) is 4.30. The van der Waals surface area contributed by atoms with E-state index in [1.54, 1.807) is 41.2 Å². The number of esters is 1. The molecule has 0 bridgehead atoms. The first-order valence-corrected chi connectivity index (χ1v) is 12.8. The summed E-state index contributed by atoms with van der Waals surface area (Å²) in [6.07, 6.45) is 5.58. The lowest BCUT2D eigenvalue weighted by Gasteiger charge is -2.29. The van der Waals surface area contributed by atoms with Crippen LogP contribution in [0.3, 0.4) is 0 Å². The Labute approximate surface area is 198 Å². The largest absolute Gasteiger partial charge is 0.454 e. The second-order valence-corrected chi connectivity index (χ2v) is 10.4. The number of aryl methyl sites for hydroxylation is 1. The van der Waals surface area contributed by atoms with Gasteiger partial charge in [0.2, 0.25) is 10.0 Å². The molecule has 2 aromatic heterocycles. The molecule has 0 radical (unpaired) electrons. The predicted octanol–water partition coefficient (Wildman–Crippen LogP) is 3.14. The summed E-state index contributed by atoms with van der Waals surface area (Å²) in [5.41, 5.74) is 2.67. The van der Waals surface area contributed by atoms with Crippen molar-refractivity contribution in [2.24, 2.45) is 0 Å². The average molecular weight is 483 g/mol. The number of hydrogen-bond acceptors (Lipinski definition) is 7. The first kappa shape index (κ1) is 23.6. The Hall–Kier alpha value is -3.53. The van der Waals surface area contributed by atoms with Crippen LogP contribution in [0.1, 0.15) is 58.2 Å². The van der Waals surface area contributed by atoms with E-state index in [1.807, 2.05) is 19.9 Å². The van der Waals surface area contributed by atoms with Crippen molar-refractivity contribution >= 4 is 27.5 Å². The van der Waals surface area contributed by atoms with E-state index in [-0.39, 0.29) is 17.3 Å². The van der Waals surface area contributed by atoms with Crippen LogP contribution in [0, 0.1) is 0 Å². The lowest BCUT2D eigenvalue weighted by atomic mass is 9.99. The smallest absolute Gasteiger partial charge is 0.342 e. The molecule has 3 heterocycles. The summed E-state index contributed by atoms with van der Waals surface area (Å²) >= 11 is 0. The van der Waals surface area contributed by atoms with Gasteiger partial charge in [-0.05, 0) is 54.7 Å². The molecule has 0 atom stereocenters. The Kier molecular flexibility index (Phi) is 6.52. The number of pyridine rings is 1. The van der Waals surface area contributed by atoms with E-state index in [2.05, 4.69) is 10.1 Å². The zero-order valence-corrected chi connectivity index (χ0v) is 20.1. The van der Waals surface area contributed by atoms with E-state index in [0.717, 1.165) is 5.56 Å². The van der Waals surface area contributed by atoms with Crippen molar-refractivity contribution in [1.29, 1.82) is 0 Å². The van der Waals surface area contributed by atoms with Crippen molar-refractivity contribution < 1.29 is 22.7 Å². The maximum Gasteiger partial charge on any atom is 0.342 e. The molecule has 0 saturated heterocycles. The number of anilines is 1. The molecule has 0 aliphatic carbocycles. The normalized spacial score (nSPS) is 13.6. The fourth-order valence-electron chi connectivity index (χ4n) is 4.11. The number of fused-ring (bicyclic) bond motifs is 1. The minimum atomic E-state index is -3.39. The second kappa shape index (κ2) is 9.38. The Balaban J connectivity index is 1.50. The van der Waals surface area contributed by atoms with Crippen LogP contribution < -0.4 is 4.31 Å². The number of hydrogen-bond donors (Lipinski definition) is 0. The molecule has 0 fully saturated rings. The standard InChI is InChI=1S/C24H26N4O5S/c1-16(2)23-19(14-26-28(23)22-8-4-5-11-25-22)24(30)33-15-21(29)18-9-10-20-17(13-18)7-6-12-27(20)34(3,31)32/h4-5,8-11,13-14,16H,6-7,12,15H2,1-3H3. The fraction of sp³-hybridized carbons (Fsp3) is 0.333. The Morgan fingerprint density at radius 3 is 2.65 bits per heavy atom. The fourth-order valence-corrected chi connectivity index (χ4v) is 5.10. The molecule has 1 aliphatic rings. The lowest BCUT2D eigenvalue weighted by Crippen LogP contribution is -2.34. The highest BCUT2D eigenvalue weighted by atomic mass is 32.2. The van der Waals surface area contributed by atoms with Crippen molar-refractivity contribution in [2.45, 2.75) is 32.6 Å². The molecular formula is C24H26N4O5S. The zero-order chi connectivity index (χ0) is 24.5. The predicted molar refractivity (Wildman–Crippen MR) is 127 cm³/mol. The third-order valence-electron chi connectivity index (χ3n) is 5.65. The van der Waals surface area contributed by atoms with Crippen molar-refractivity contribution in [1.82, 2.24) is 14.8 Å². The van der Waals surface area contributed by atoms with E-state index >= 15 is 0 Å². The molecule has 0 amide bonds. The van der Waals surface area contributed by atoms with Crippen molar-refractivity contribution in [3.8, 4) is 5.82 Å². The molecule has 34 heavy (non-hydrogen) atoms. The molecule has 3 aromatic rings. The zero-order valence-electron chi connectivity index (χ0n) is 19.3. The van der Waals surface area contributed by atoms with E-state index in [1.165, 1.54) is 16.8 Å². The van der Waals surface area contributed by atoms with Gasteiger partial charge in [0.25, 0.3) is 0 Å². The van der Waals surface area contributed by atoms with Gasteiger partial charge in [-0.2, -0.15) is 5.10 Å². The van der Waals surface area contributed by atoms with Crippen molar-refractivity contribution in [3.05, 3.63) is 71.2 Å². The van der Waals surface area contributed by atoms with Gasteiger partial charge in [0.05, 0.1) is 23.8 Å². The number of ketones is 1. The molecule has 4 rings (SSSR count). The van der Waals surface area contributed by atoms with Gasteiger partial charge in [-0.3, -0.25) is 9.10 Å². The van der Waals surface area contributed by atoms with Crippen molar-refractivity contribution in [3.63, 3.8) is 0 Å². The quantitative estimate of drug-likeness (QED) is 0.376. The average Bonchev–Trinajstić information content (AvgIpc) is 3.27. The third-order valence-corrected chi connectivity index (χ3v) is 6.83. The van der Waals surface area contributed by atoms with Crippen LogP contribution in [0.4, 0.5) is 5.69 Å². The van der Waals surface area contributed by atoms with E-state index in [9.17, 15) is 18.0 Å². The summed E-state index contributed by atoms with van der Waals surface area (Å²) in [6, 6.07) is 10.3. The van der Waals surface area contributed by atoms with Gasteiger partial charge in [0.1, 0.15) is 5.56 Å². The molecule has 0 unspecified atom stereocenters. The summed E-state index contributed by atoms with van der Waals surface area (Å²) in [4.78, 5) is 29.9. The molecule has 178 valence electrons. The lowest BCUT2D eigenvalue weighted by molar-refractivity contribution is 0.0473. The Morgan fingerprint density at radius 1 is 1.18 bits per heavy atom. The van der Waals surface area contributed by atoms with Gasteiger partial charge in [0, 0.05) is 18.3 Å². The molecule has 10 heteroatoms. The van der Waals surface area contributed by atoms with Gasteiger partial charge in [-0.15, -0.1) is 0 Å². The Bertz CT molecular complexity index is 1330. The highest BCUT2D eigenvalue weighted by Gasteiger charge is 2.26. The third kappa shape index (κ3) is 4.72. The maximum atomic E-state index is 12.8. The number of carbonyl (C=O) groups is 2.